The van der Waals surface area contributed by atoms with Gasteiger partial charge < -0.3 is 10.1 Å². The van der Waals surface area contributed by atoms with Crippen LogP contribution in [-0.4, -0.2) is 36.7 Å². The first-order chi connectivity index (χ1) is 9.13. The van der Waals surface area contributed by atoms with Crippen LogP contribution in [0.2, 0.25) is 0 Å². The molecule has 0 spiro atoms. The predicted molar refractivity (Wildman–Crippen MR) is 79.7 cm³/mol. The fourth-order valence-electron chi connectivity index (χ4n) is 2.88. The molecule has 3 nitrogen and oxygen atoms in total. The van der Waals surface area contributed by atoms with Crippen molar-refractivity contribution in [2.45, 2.75) is 45.8 Å². The Morgan fingerprint density at radius 2 is 2.11 bits per heavy atom. The molecule has 0 aromatic heterocycles. The van der Waals surface area contributed by atoms with E-state index in [4.69, 9.17) is 4.74 Å². The Morgan fingerprint density at radius 3 is 2.84 bits per heavy atom. The van der Waals surface area contributed by atoms with Crippen LogP contribution in [0.4, 0.5) is 0 Å². The SMILES string of the molecule is CCOc1ccccc1C(C)N1CC(C)NCC1C. The third-order valence-electron chi connectivity index (χ3n) is 3.98. The van der Waals surface area contributed by atoms with E-state index in [1.165, 1.54) is 5.56 Å². The minimum atomic E-state index is 0.391. The van der Waals surface area contributed by atoms with E-state index in [2.05, 4.69) is 49.2 Å². The maximum atomic E-state index is 5.77. The summed E-state index contributed by atoms with van der Waals surface area (Å²) in [6, 6.07) is 9.91. The van der Waals surface area contributed by atoms with Crippen LogP contribution in [0.5, 0.6) is 5.75 Å². The predicted octanol–water partition coefficient (Wildman–Crippen LogP) is 2.83. The third-order valence-corrected chi connectivity index (χ3v) is 3.98. The molecule has 1 heterocycles. The normalized spacial score (nSPS) is 26.1. The summed E-state index contributed by atoms with van der Waals surface area (Å²) >= 11 is 0. The van der Waals surface area contributed by atoms with Crippen molar-refractivity contribution in [3.05, 3.63) is 29.8 Å². The molecule has 1 aromatic rings. The van der Waals surface area contributed by atoms with Crippen molar-refractivity contribution in [3.8, 4) is 5.75 Å². The number of rotatable bonds is 4. The van der Waals surface area contributed by atoms with Crippen molar-refractivity contribution in [2.24, 2.45) is 0 Å². The quantitative estimate of drug-likeness (QED) is 0.903. The lowest BCUT2D eigenvalue weighted by molar-refractivity contribution is 0.102. The molecule has 19 heavy (non-hydrogen) atoms. The van der Waals surface area contributed by atoms with Crippen molar-refractivity contribution < 1.29 is 4.74 Å². The molecule has 1 fully saturated rings. The second-order valence-corrected chi connectivity index (χ2v) is 5.50. The van der Waals surface area contributed by atoms with E-state index in [1.54, 1.807) is 0 Å². The zero-order chi connectivity index (χ0) is 13.8. The third kappa shape index (κ3) is 3.28. The van der Waals surface area contributed by atoms with E-state index in [0.29, 0.717) is 18.1 Å². The minimum Gasteiger partial charge on any atom is -0.494 e. The number of hydrogen-bond donors (Lipinski definition) is 1. The first kappa shape index (κ1) is 14.4. The zero-order valence-electron chi connectivity index (χ0n) is 12.5. The summed E-state index contributed by atoms with van der Waals surface area (Å²) in [6.45, 7) is 11.7. The second kappa shape index (κ2) is 6.40. The average molecular weight is 262 g/mol. The summed E-state index contributed by atoms with van der Waals surface area (Å²) < 4.78 is 5.77. The number of ether oxygens (including phenoxy) is 1. The molecule has 0 bridgehead atoms. The topological polar surface area (TPSA) is 24.5 Å². The van der Waals surface area contributed by atoms with E-state index in [1.807, 2.05) is 13.0 Å². The maximum absolute atomic E-state index is 5.77. The van der Waals surface area contributed by atoms with Crippen LogP contribution in [0.25, 0.3) is 0 Å². The molecule has 2 rings (SSSR count). The van der Waals surface area contributed by atoms with Gasteiger partial charge in [0.1, 0.15) is 5.75 Å². The van der Waals surface area contributed by atoms with Gasteiger partial charge in [-0.1, -0.05) is 18.2 Å². The molecule has 0 amide bonds. The van der Waals surface area contributed by atoms with Gasteiger partial charge >= 0.3 is 0 Å². The smallest absolute Gasteiger partial charge is 0.124 e. The van der Waals surface area contributed by atoms with Crippen LogP contribution in [0.1, 0.15) is 39.3 Å². The van der Waals surface area contributed by atoms with Crippen molar-refractivity contribution >= 4 is 0 Å². The van der Waals surface area contributed by atoms with Crippen LogP contribution in [0.3, 0.4) is 0 Å². The highest BCUT2D eigenvalue weighted by Crippen LogP contribution is 2.31. The van der Waals surface area contributed by atoms with Crippen LogP contribution >= 0.6 is 0 Å². The first-order valence-corrected chi connectivity index (χ1v) is 7.34. The number of nitrogens with one attached hydrogen (secondary N) is 1. The summed E-state index contributed by atoms with van der Waals surface area (Å²) in [4.78, 5) is 2.57. The zero-order valence-corrected chi connectivity index (χ0v) is 12.5. The highest BCUT2D eigenvalue weighted by atomic mass is 16.5. The molecule has 3 heteroatoms. The lowest BCUT2D eigenvalue weighted by atomic mass is 10.0. The number of benzene rings is 1. The fraction of sp³-hybridized carbons (Fsp3) is 0.625. The number of hydrogen-bond acceptors (Lipinski definition) is 3. The van der Waals surface area contributed by atoms with E-state index in [-0.39, 0.29) is 0 Å². The maximum Gasteiger partial charge on any atom is 0.124 e. The van der Waals surface area contributed by atoms with Gasteiger partial charge in [-0.15, -0.1) is 0 Å². The van der Waals surface area contributed by atoms with E-state index < -0.39 is 0 Å². The summed E-state index contributed by atoms with van der Waals surface area (Å²) in [7, 11) is 0. The van der Waals surface area contributed by atoms with Gasteiger partial charge in [0.15, 0.2) is 0 Å². The van der Waals surface area contributed by atoms with Crippen molar-refractivity contribution in [3.63, 3.8) is 0 Å². The standard InChI is InChI=1S/C16H26N2O/c1-5-19-16-9-7-6-8-15(16)14(4)18-11-12(2)17-10-13(18)3/h6-9,12-14,17H,5,10-11H2,1-4H3. The largest absolute Gasteiger partial charge is 0.494 e. The molecule has 1 aliphatic heterocycles. The molecule has 1 aromatic carbocycles. The summed E-state index contributed by atoms with van der Waals surface area (Å²) in [6.07, 6.45) is 0. The molecule has 0 aliphatic carbocycles. The fourth-order valence-corrected chi connectivity index (χ4v) is 2.88. The highest BCUT2D eigenvalue weighted by molar-refractivity contribution is 5.35. The Kier molecular flexibility index (Phi) is 4.83. The van der Waals surface area contributed by atoms with Gasteiger partial charge in [0.05, 0.1) is 6.61 Å². The molecule has 106 valence electrons. The minimum absolute atomic E-state index is 0.391. The summed E-state index contributed by atoms with van der Waals surface area (Å²) in [5.74, 6) is 1.02. The average Bonchev–Trinajstić information content (AvgIpc) is 2.42. The molecule has 3 unspecified atom stereocenters. The Hall–Kier alpha value is -1.06. The number of para-hydroxylation sites is 1. The number of nitrogens with zero attached hydrogens (tertiary/aromatic N) is 1. The van der Waals surface area contributed by atoms with E-state index in [0.717, 1.165) is 25.4 Å². The van der Waals surface area contributed by atoms with Crippen molar-refractivity contribution in [2.75, 3.05) is 19.7 Å². The number of piperazine rings is 1. The van der Waals surface area contributed by atoms with Crippen LogP contribution < -0.4 is 10.1 Å². The van der Waals surface area contributed by atoms with Crippen molar-refractivity contribution in [1.82, 2.24) is 10.2 Å². The van der Waals surface area contributed by atoms with Gasteiger partial charge in [0, 0.05) is 36.8 Å². The van der Waals surface area contributed by atoms with Gasteiger partial charge in [-0.05, 0) is 33.8 Å². The van der Waals surface area contributed by atoms with E-state index in [9.17, 15) is 0 Å². The molecule has 0 radical (unpaired) electrons. The van der Waals surface area contributed by atoms with Gasteiger partial charge in [0.25, 0.3) is 0 Å². The Balaban J connectivity index is 2.20. The molecule has 3 atom stereocenters. The highest BCUT2D eigenvalue weighted by Gasteiger charge is 2.28. The van der Waals surface area contributed by atoms with Crippen LogP contribution in [-0.2, 0) is 0 Å². The van der Waals surface area contributed by atoms with E-state index >= 15 is 0 Å². The van der Waals surface area contributed by atoms with Gasteiger partial charge in [-0.2, -0.15) is 0 Å². The lowest BCUT2D eigenvalue weighted by Gasteiger charge is -2.41. The second-order valence-electron chi connectivity index (χ2n) is 5.50. The Morgan fingerprint density at radius 1 is 1.37 bits per heavy atom. The lowest BCUT2D eigenvalue weighted by Crippen LogP contribution is -2.54. The molecule has 1 aliphatic rings. The van der Waals surface area contributed by atoms with Gasteiger partial charge in [-0.25, -0.2) is 0 Å². The summed E-state index contributed by atoms with van der Waals surface area (Å²) in [5.41, 5.74) is 1.30. The summed E-state index contributed by atoms with van der Waals surface area (Å²) in [5, 5.41) is 3.53. The Bertz CT molecular complexity index is 407. The molecule has 1 N–H and O–H groups in total. The molecular formula is C16H26N2O. The molecule has 1 saturated heterocycles. The Labute approximate surface area is 116 Å². The van der Waals surface area contributed by atoms with Gasteiger partial charge in [0.2, 0.25) is 0 Å². The molecular weight excluding hydrogens is 236 g/mol. The van der Waals surface area contributed by atoms with Gasteiger partial charge in [-0.3, -0.25) is 4.90 Å². The van der Waals surface area contributed by atoms with Crippen LogP contribution in [0, 0.1) is 0 Å². The molecule has 0 saturated carbocycles. The van der Waals surface area contributed by atoms with Crippen molar-refractivity contribution in [1.29, 1.82) is 0 Å². The van der Waals surface area contributed by atoms with Crippen LogP contribution in [0.15, 0.2) is 24.3 Å². The first-order valence-electron chi connectivity index (χ1n) is 7.34. The monoisotopic (exact) mass is 262 g/mol.